The fourth-order valence-electron chi connectivity index (χ4n) is 2.60. The third-order valence-electron chi connectivity index (χ3n) is 4.13. The Balaban J connectivity index is 1.98. The zero-order chi connectivity index (χ0) is 17.0. The highest BCUT2D eigenvalue weighted by Gasteiger charge is 2.42. The lowest BCUT2D eigenvalue weighted by Crippen LogP contribution is -2.64. The number of ether oxygens (including phenoxy) is 1. The van der Waals surface area contributed by atoms with Crippen LogP contribution in [0.2, 0.25) is 0 Å². The van der Waals surface area contributed by atoms with E-state index < -0.39 is 5.54 Å². The Morgan fingerprint density at radius 2 is 2.00 bits per heavy atom. The zero-order valence-electron chi connectivity index (χ0n) is 14.4. The van der Waals surface area contributed by atoms with Gasteiger partial charge in [-0.3, -0.25) is 9.59 Å². The number of rotatable bonds is 6. The van der Waals surface area contributed by atoms with E-state index in [0.29, 0.717) is 25.6 Å². The number of carbonyl (C=O) groups excluding carboxylic acids is 2. The van der Waals surface area contributed by atoms with Crippen LogP contribution in [0.25, 0.3) is 0 Å². The summed E-state index contributed by atoms with van der Waals surface area (Å²) < 4.78 is 5.24. The molecule has 1 aromatic carbocycles. The van der Waals surface area contributed by atoms with Gasteiger partial charge in [-0.1, -0.05) is 38.1 Å². The van der Waals surface area contributed by atoms with Gasteiger partial charge in [-0.15, -0.1) is 0 Å². The molecule has 0 spiro atoms. The highest BCUT2D eigenvalue weighted by molar-refractivity contribution is 5.82. The van der Waals surface area contributed by atoms with Crippen molar-refractivity contribution in [3.8, 4) is 0 Å². The van der Waals surface area contributed by atoms with Gasteiger partial charge in [0.2, 0.25) is 11.8 Å². The molecule has 2 amide bonds. The fraction of sp³-hybridized carbons (Fsp3) is 0.556. The molecule has 0 saturated carbocycles. The van der Waals surface area contributed by atoms with Crippen LogP contribution in [-0.2, 0) is 20.7 Å². The molecule has 1 aliphatic heterocycles. The second-order valence-electron chi connectivity index (χ2n) is 6.86. The van der Waals surface area contributed by atoms with Crippen molar-refractivity contribution in [3.05, 3.63) is 35.4 Å². The first-order chi connectivity index (χ1) is 10.8. The maximum atomic E-state index is 12.4. The van der Waals surface area contributed by atoms with E-state index in [9.17, 15) is 9.59 Å². The van der Waals surface area contributed by atoms with Crippen molar-refractivity contribution in [2.24, 2.45) is 0 Å². The van der Waals surface area contributed by atoms with Gasteiger partial charge in [-0.2, -0.15) is 0 Å². The maximum absolute atomic E-state index is 12.4. The van der Waals surface area contributed by atoms with Crippen molar-refractivity contribution in [3.63, 3.8) is 0 Å². The van der Waals surface area contributed by atoms with Gasteiger partial charge in [-0.25, -0.2) is 0 Å². The average molecular weight is 318 g/mol. The Hall–Kier alpha value is -1.88. The average Bonchev–Trinajstić information content (AvgIpc) is 2.44. The zero-order valence-corrected chi connectivity index (χ0v) is 14.4. The second-order valence-corrected chi connectivity index (χ2v) is 6.86. The lowest BCUT2D eigenvalue weighted by Gasteiger charge is -2.42. The van der Waals surface area contributed by atoms with Gasteiger partial charge in [0.05, 0.1) is 31.6 Å². The van der Waals surface area contributed by atoms with Crippen molar-refractivity contribution >= 4 is 11.8 Å². The van der Waals surface area contributed by atoms with E-state index in [1.54, 1.807) is 19.0 Å². The predicted octanol–water partition coefficient (Wildman–Crippen LogP) is 1.72. The number of benzene rings is 1. The van der Waals surface area contributed by atoms with E-state index in [2.05, 4.69) is 31.3 Å². The molecule has 0 aromatic heterocycles. The van der Waals surface area contributed by atoms with E-state index in [1.807, 2.05) is 12.1 Å². The molecule has 126 valence electrons. The molecule has 0 atom stereocenters. The summed E-state index contributed by atoms with van der Waals surface area (Å²) in [4.78, 5) is 25.8. The predicted molar refractivity (Wildman–Crippen MR) is 89.2 cm³/mol. The summed E-state index contributed by atoms with van der Waals surface area (Å²) in [6.07, 6.45) is 0.593. The summed E-state index contributed by atoms with van der Waals surface area (Å²) in [6.45, 7) is 5.05. The Morgan fingerprint density at radius 1 is 1.30 bits per heavy atom. The third kappa shape index (κ3) is 4.55. The summed E-state index contributed by atoms with van der Waals surface area (Å²) in [7, 11) is 3.43. The van der Waals surface area contributed by atoms with Crippen LogP contribution in [0.4, 0.5) is 0 Å². The van der Waals surface area contributed by atoms with Gasteiger partial charge in [0.25, 0.3) is 0 Å². The van der Waals surface area contributed by atoms with E-state index in [4.69, 9.17) is 4.74 Å². The largest absolute Gasteiger partial charge is 0.376 e. The van der Waals surface area contributed by atoms with E-state index in [-0.39, 0.29) is 18.2 Å². The fourth-order valence-corrected chi connectivity index (χ4v) is 2.60. The first-order valence-electron chi connectivity index (χ1n) is 7.99. The highest BCUT2D eigenvalue weighted by atomic mass is 16.5. The first-order valence-corrected chi connectivity index (χ1v) is 7.99. The SMILES string of the molecule is CC(C)c1cccc(CC(=O)NC2(CC(=O)N(C)C)COC2)c1. The quantitative estimate of drug-likeness (QED) is 0.869. The van der Waals surface area contributed by atoms with Crippen LogP contribution in [0.1, 0.15) is 37.3 Å². The number of hydrogen-bond acceptors (Lipinski definition) is 3. The molecule has 23 heavy (non-hydrogen) atoms. The van der Waals surface area contributed by atoms with Crippen molar-refractivity contribution in [1.82, 2.24) is 10.2 Å². The number of hydrogen-bond donors (Lipinski definition) is 1. The molecule has 0 bridgehead atoms. The van der Waals surface area contributed by atoms with Crippen LogP contribution in [0.5, 0.6) is 0 Å². The molecule has 5 nitrogen and oxygen atoms in total. The number of nitrogens with one attached hydrogen (secondary N) is 1. The molecule has 0 unspecified atom stereocenters. The molecular formula is C18H26N2O3. The lowest BCUT2D eigenvalue weighted by molar-refractivity contribution is -0.143. The topological polar surface area (TPSA) is 58.6 Å². The van der Waals surface area contributed by atoms with Gasteiger partial charge in [0.15, 0.2) is 0 Å². The number of amides is 2. The van der Waals surface area contributed by atoms with Crippen LogP contribution in [0.15, 0.2) is 24.3 Å². The smallest absolute Gasteiger partial charge is 0.225 e. The van der Waals surface area contributed by atoms with Crippen molar-refractivity contribution < 1.29 is 14.3 Å². The minimum atomic E-state index is -0.548. The molecule has 1 fully saturated rings. The molecule has 1 aromatic rings. The summed E-state index contributed by atoms with van der Waals surface area (Å²) in [5, 5.41) is 3.00. The van der Waals surface area contributed by atoms with Gasteiger partial charge in [-0.05, 0) is 17.0 Å². The van der Waals surface area contributed by atoms with E-state index >= 15 is 0 Å². The number of nitrogens with zero attached hydrogens (tertiary/aromatic N) is 1. The monoisotopic (exact) mass is 318 g/mol. The molecule has 2 rings (SSSR count). The Bertz CT molecular complexity index is 577. The Labute approximate surface area is 138 Å². The van der Waals surface area contributed by atoms with Gasteiger partial charge < -0.3 is 15.0 Å². The third-order valence-corrected chi connectivity index (χ3v) is 4.13. The first kappa shape index (κ1) is 17.5. The maximum Gasteiger partial charge on any atom is 0.225 e. The van der Waals surface area contributed by atoms with Crippen LogP contribution in [-0.4, -0.2) is 49.6 Å². The standard InChI is InChI=1S/C18H26N2O3/c1-13(2)15-7-5-6-14(8-15)9-16(21)19-18(11-23-12-18)10-17(22)20(3)4/h5-8,13H,9-12H2,1-4H3,(H,19,21). The minimum Gasteiger partial charge on any atom is -0.376 e. The van der Waals surface area contributed by atoms with Gasteiger partial charge in [0.1, 0.15) is 0 Å². The minimum absolute atomic E-state index is 0.00425. The lowest BCUT2D eigenvalue weighted by atomic mass is 9.91. The van der Waals surface area contributed by atoms with Crippen LogP contribution < -0.4 is 5.32 Å². The molecule has 1 heterocycles. The molecule has 0 aliphatic carbocycles. The van der Waals surface area contributed by atoms with Crippen molar-refractivity contribution in [1.29, 1.82) is 0 Å². The highest BCUT2D eigenvalue weighted by Crippen LogP contribution is 2.22. The molecular weight excluding hydrogens is 292 g/mol. The molecule has 1 saturated heterocycles. The number of carbonyl (C=O) groups is 2. The van der Waals surface area contributed by atoms with Crippen molar-refractivity contribution in [2.45, 2.75) is 38.1 Å². The van der Waals surface area contributed by atoms with Crippen LogP contribution >= 0.6 is 0 Å². The molecule has 1 N–H and O–H groups in total. The summed E-state index contributed by atoms with van der Waals surface area (Å²) in [5.41, 5.74) is 1.66. The Morgan fingerprint density at radius 3 is 2.52 bits per heavy atom. The Kier molecular flexibility index (Phi) is 5.42. The van der Waals surface area contributed by atoms with Gasteiger partial charge >= 0.3 is 0 Å². The molecule has 0 radical (unpaired) electrons. The normalized spacial score (nSPS) is 15.9. The van der Waals surface area contributed by atoms with Crippen LogP contribution in [0, 0.1) is 0 Å². The van der Waals surface area contributed by atoms with Crippen molar-refractivity contribution in [2.75, 3.05) is 27.3 Å². The molecule has 5 heteroatoms. The van der Waals surface area contributed by atoms with E-state index in [0.717, 1.165) is 5.56 Å². The molecule has 1 aliphatic rings. The summed E-state index contributed by atoms with van der Waals surface area (Å²) in [5.74, 6) is 0.360. The van der Waals surface area contributed by atoms with Gasteiger partial charge in [0, 0.05) is 14.1 Å². The van der Waals surface area contributed by atoms with Crippen LogP contribution in [0.3, 0.4) is 0 Å². The van der Waals surface area contributed by atoms with E-state index in [1.165, 1.54) is 5.56 Å². The summed E-state index contributed by atoms with van der Waals surface area (Å²) >= 11 is 0. The summed E-state index contributed by atoms with van der Waals surface area (Å²) in [6, 6.07) is 8.08. The second kappa shape index (κ2) is 7.13.